The Labute approximate surface area is 91.2 Å². The second kappa shape index (κ2) is 4.35. The molecule has 0 spiro atoms. The SMILES string of the molecule is CCOC(=O)Cc1ccc2nsnc2c1. The van der Waals surface area contributed by atoms with Gasteiger partial charge in [-0.3, -0.25) is 4.79 Å². The second-order valence-electron chi connectivity index (χ2n) is 3.07. The lowest BCUT2D eigenvalue weighted by atomic mass is 10.1. The van der Waals surface area contributed by atoms with Gasteiger partial charge < -0.3 is 4.74 Å². The third kappa shape index (κ3) is 2.30. The van der Waals surface area contributed by atoms with E-state index < -0.39 is 0 Å². The number of carbonyl (C=O) groups is 1. The quantitative estimate of drug-likeness (QED) is 0.743. The van der Waals surface area contributed by atoms with Gasteiger partial charge in [0, 0.05) is 0 Å². The first-order chi connectivity index (χ1) is 7.29. The number of benzene rings is 1. The number of aromatic nitrogens is 2. The minimum Gasteiger partial charge on any atom is -0.466 e. The summed E-state index contributed by atoms with van der Waals surface area (Å²) in [5, 5.41) is 0. The molecule has 0 amide bonds. The lowest BCUT2D eigenvalue weighted by Gasteiger charge is -2.01. The van der Waals surface area contributed by atoms with Crippen LogP contribution in [0.1, 0.15) is 12.5 Å². The molecule has 2 aromatic rings. The molecule has 0 aliphatic carbocycles. The van der Waals surface area contributed by atoms with Crippen molar-refractivity contribution < 1.29 is 9.53 Å². The van der Waals surface area contributed by atoms with Crippen molar-refractivity contribution >= 4 is 28.7 Å². The van der Waals surface area contributed by atoms with E-state index in [1.165, 1.54) is 11.7 Å². The van der Waals surface area contributed by atoms with Crippen LogP contribution in [0.3, 0.4) is 0 Å². The van der Waals surface area contributed by atoms with Gasteiger partial charge in [0.05, 0.1) is 24.8 Å². The largest absolute Gasteiger partial charge is 0.466 e. The van der Waals surface area contributed by atoms with Crippen molar-refractivity contribution in [1.82, 2.24) is 8.75 Å². The normalized spacial score (nSPS) is 10.5. The standard InChI is InChI=1S/C10H10N2O2S/c1-2-14-10(13)6-7-3-4-8-9(5-7)12-15-11-8/h3-5H,2,6H2,1H3. The second-order valence-corrected chi connectivity index (χ2v) is 3.60. The van der Waals surface area contributed by atoms with E-state index in [1.54, 1.807) is 6.92 Å². The Bertz CT molecular complexity index is 481. The molecule has 0 aliphatic rings. The molecular weight excluding hydrogens is 212 g/mol. The first-order valence-electron chi connectivity index (χ1n) is 4.66. The molecule has 0 saturated carbocycles. The van der Waals surface area contributed by atoms with Crippen LogP contribution in [-0.2, 0) is 16.0 Å². The van der Waals surface area contributed by atoms with Gasteiger partial charge in [-0.15, -0.1) is 0 Å². The van der Waals surface area contributed by atoms with E-state index in [4.69, 9.17) is 4.74 Å². The van der Waals surface area contributed by atoms with Crippen LogP contribution in [0.2, 0.25) is 0 Å². The maximum atomic E-state index is 11.2. The molecule has 0 atom stereocenters. The van der Waals surface area contributed by atoms with Gasteiger partial charge in [-0.25, -0.2) is 0 Å². The molecule has 1 aromatic carbocycles. The summed E-state index contributed by atoms with van der Waals surface area (Å²) >= 11 is 1.17. The van der Waals surface area contributed by atoms with Crippen molar-refractivity contribution in [3.8, 4) is 0 Å². The van der Waals surface area contributed by atoms with Gasteiger partial charge in [0.2, 0.25) is 0 Å². The Morgan fingerprint density at radius 2 is 2.20 bits per heavy atom. The number of hydrogen-bond acceptors (Lipinski definition) is 5. The highest BCUT2D eigenvalue weighted by atomic mass is 32.1. The average Bonchev–Trinajstić information content (AvgIpc) is 2.65. The van der Waals surface area contributed by atoms with E-state index in [2.05, 4.69) is 8.75 Å². The number of hydrogen-bond donors (Lipinski definition) is 0. The van der Waals surface area contributed by atoms with Crippen LogP contribution < -0.4 is 0 Å². The zero-order chi connectivity index (χ0) is 10.7. The smallest absolute Gasteiger partial charge is 0.310 e. The summed E-state index contributed by atoms with van der Waals surface area (Å²) in [6.45, 7) is 2.21. The topological polar surface area (TPSA) is 52.1 Å². The highest BCUT2D eigenvalue weighted by molar-refractivity contribution is 7.00. The summed E-state index contributed by atoms with van der Waals surface area (Å²) in [6, 6.07) is 5.61. The van der Waals surface area contributed by atoms with E-state index in [9.17, 15) is 4.79 Å². The van der Waals surface area contributed by atoms with Gasteiger partial charge in [0.1, 0.15) is 11.0 Å². The van der Waals surface area contributed by atoms with Gasteiger partial charge in [0.25, 0.3) is 0 Å². The fourth-order valence-corrected chi connectivity index (χ4v) is 1.83. The van der Waals surface area contributed by atoms with Crippen molar-refractivity contribution in [2.75, 3.05) is 6.61 Å². The fraction of sp³-hybridized carbons (Fsp3) is 0.300. The number of fused-ring (bicyclic) bond motifs is 1. The fourth-order valence-electron chi connectivity index (χ4n) is 1.32. The highest BCUT2D eigenvalue weighted by Gasteiger charge is 2.05. The summed E-state index contributed by atoms with van der Waals surface area (Å²) in [5.41, 5.74) is 2.61. The molecule has 4 nitrogen and oxygen atoms in total. The molecule has 2 rings (SSSR count). The summed E-state index contributed by atoms with van der Waals surface area (Å²) < 4.78 is 13.1. The van der Waals surface area contributed by atoms with E-state index in [0.717, 1.165) is 16.6 Å². The molecule has 5 heteroatoms. The highest BCUT2D eigenvalue weighted by Crippen LogP contribution is 2.14. The third-order valence-corrected chi connectivity index (χ3v) is 2.53. The molecule has 0 fully saturated rings. The van der Waals surface area contributed by atoms with Gasteiger partial charge in [-0.2, -0.15) is 8.75 Å². The molecule has 0 unspecified atom stereocenters. The van der Waals surface area contributed by atoms with E-state index in [-0.39, 0.29) is 5.97 Å². The number of esters is 1. The van der Waals surface area contributed by atoms with Crippen molar-refractivity contribution in [3.63, 3.8) is 0 Å². The number of rotatable bonds is 3. The first kappa shape index (κ1) is 10.0. The van der Waals surface area contributed by atoms with Crippen molar-refractivity contribution in [1.29, 1.82) is 0 Å². The minimum absolute atomic E-state index is 0.208. The maximum absolute atomic E-state index is 11.2. The molecular formula is C10H10N2O2S. The van der Waals surface area contributed by atoms with Crippen molar-refractivity contribution in [3.05, 3.63) is 23.8 Å². The zero-order valence-electron chi connectivity index (χ0n) is 8.27. The van der Waals surface area contributed by atoms with Crippen LogP contribution in [0, 0.1) is 0 Å². The summed E-state index contributed by atoms with van der Waals surface area (Å²) in [5.74, 6) is -0.208. The van der Waals surface area contributed by atoms with Gasteiger partial charge in [0.15, 0.2) is 0 Å². The molecule has 0 bridgehead atoms. The van der Waals surface area contributed by atoms with Crippen molar-refractivity contribution in [2.24, 2.45) is 0 Å². The minimum atomic E-state index is -0.208. The third-order valence-electron chi connectivity index (χ3n) is 1.97. The Morgan fingerprint density at radius 3 is 3.00 bits per heavy atom. The molecule has 0 N–H and O–H groups in total. The van der Waals surface area contributed by atoms with Crippen LogP contribution in [0.5, 0.6) is 0 Å². The predicted molar refractivity (Wildman–Crippen MR) is 57.8 cm³/mol. The Balaban J connectivity index is 2.17. The van der Waals surface area contributed by atoms with E-state index in [0.29, 0.717) is 13.0 Å². The number of carbonyl (C=O) groups excluding carboxylic acids is 1. The lowest BCUT2D eigenvalue weighted by molar-refractivity contribution is -0.142. The average molecular weight is 222 g/mol. The van der Waals surface area contributed by atoms with Crippen LogP contribution >= 0.6 is 11.7 Å². The summed E-state index contributed by atoms with van der Waals surface area (Å²) in [6.07, 6.45) is 0.293. The van der Waals surface area contributed by atoms with Gasteiger partial charge in [-0.05, 0) is 24.6 Å². The van der Waals surface area contributed by atoms with E-state index >= 15 is 0 Å². The van der Waals surface area contributed by atoms with Crippen LogP contribution in [0.4, 0.5) is 0 Å². The summed E-state index contributed by atoms with van der Waals surface area (Å²) in [7, 11) is 0. The molecule has 78 valence electrons. The number of ether oxygens (including phenoxy) is 1. The maximum Gasteiger partial charge on any atom is 0.310 e. The Morgan fingerprint density at radius 1 is 1.40 bits per heavy atom. The molecule has 0 radical (unpaired) electrons. The summed E-state index contributed by atoms with van der Waals surface area (Å²) in [4.78, 5) is 11.2. The van der Waals surface area contributed by atoms with Gasteiger partial charge in [-0.1, -0.05) is 6.07 Å². The molecule has 1 heterocycles. The molecule has 1 aromatic heterocycles. The molecule has 15 heavy (non-hydrogen) atoms. The van der Waals surface area contributed by atoms with Crippen LogP contribution in [0.15, 0.2) is 18.2 Å². The van der Waals surface area contributed by atoms with Crippen molar-refractivity contribution in [2.45, 2.75) is 13.3 Å². The van der Waals surface area contributed by atoms with E-state index in [1.807, 2.05) is 18.2 Å². The van der Waals surface area contributed by atoms with Crippen LogP contribution in [-0.4, -0.2) is 21.3 Å². The zero-order valence-corrected chi connectivity index (χ0v) is 9.08. The van der Waals surface area contributed by atoms with Gasteiger partial charge >= 0.3 is 5.97 Å². The Kier molecular flexibility index (Phi) is 2.91. The Hall–Kier alpha value is -1.49. The lowest BCUT2D eigenvalue weighted by Crippen LogP contribution is -2.07. The predicted octanol–water partition coefficient (Wildman–Crippen LogP) is 1.80. The number of nitrogens with zero attached hydrogens (tertiary/aromatic N) is 2. The molecule has 0 aliphatic heterocycles. The monoisotopic (exact) mass is 222 g/mol. The van der Waals surface area contributed by atoms with Crippen LogP contribution in [0.25, 0.3) is 11.0 Å². The first-order valence-corrected chi connectivity index (χ1v) is 5.39. The molecule has 0 saturated heterocycles.